The maximum absolute atomic E-state index is 12.7. The van der Waals surface area contributed by atoms with Gasteiger partial charge >= 0.3 is 33.6 Å². The van der Waals surface area contributed by atoms with Crippen LogP contribution in [0.25, 0.3) is 0 Å². The number of aryl methyl sites for hydroxylation is 4. The maximum atomic E-state index is 12.7. The Hall–Kier alpha value is -6.49. The highest BCUT2D eigenvalue weighted by Crippen LogP contribution is 2.41. The number of phenolic OH excluding ortho intramolecular Hbond substituents is 4. The summed E-state index contributed by atoms with van der Waals surface area (Å²) in [6, 6.07) is 5.58. The molecule has 24 nitrogen and oxygen atoms in total. The Balaban J connectivity index is 0.000000255. The first-order chi connectivity index (χ1) is 52.2. The van der Waals surface area contributed by atoms with E-state index in [0.29, 0.717) is 64.4 Å². The number of ketones is 4. The Labute approximate surface area is 679 Å². The van der Waals surface area contributed by atoms with Crippen LogP contribution in [0.2, 0.25) is 20.1 Å². The number of Topliss-reactive ketones (excluding diaryl/α,β-unsaturated/α-hetero) is 1. The molecule has 11 atom stereocenters. The van der Waals surface area contributed by atoms with Crippen molar-refractivity contribution in [1.29, 1.82) is 0 Å². The Morgan fingerprint density at radius 2 is 0.829 bits per heavy atom. The van der Waals surface area contributed by atoms with Gasteiger partial charge in [0, 0.05) is 98.2 Å². The van der Waals surface area contributed by atoms with Crippen molar-refractivity contribution in [3.05, 3.63) is 160 Å². The van der Waals surface area contributed by atoms with E-state index in [1.165, 1.54) is 13.0 Å². The number of esters is 4. The average Bonchev–Trinajstić information content (AvgIpc) is 1.82. The minimum atomic E-state index is -3.87. The lowest BCUT2D eigenvalue weighted by Gasteiger charge is -2.22. The van der Waals surface area contributed by atoms with Gasteiger partial charge in [-0.05, 0) is 184 Å². The Bertz CT molecular complexity index is 4310. The number of ether oxygens (including phenoxy) is 7. The van der Waals surface area contributed by atoms with Crippen molar-refractivity contribution in [3.8, 4) is 23.0 Å². The molecule has 0 aromatic heterocycles. The molecule has 6 aliphatic heterocycles. The van der Waals surface area contributed by atoms with Crippen molar-refractivity contribution in [1.82, 2.24) is 0 Å². The van der Waals surface area contributed by atoms with Gasteiger partial charge in [-0.1, -0.05) is 101 Å². The van der Waals surface area contributed by atoms with Crippen molar-refractivity contribution in [2.45, 2.75) is 232 Å². The number of carbonyl (C=O) groups excluding carboxylic acids is 8. The molecule has 4 aromatic carbocycles. The number of fused-ring (bicyclic) bond motifs is 6. The first kappa shape index (κ1) is 95.1. The monoisotopic (exact) mass is 1710 g/mol. The lowest BCUT2D eigenvalue weighted by Crippen LogP contribution is -2.31. The van der Waals surface area contributed by atoms with Gasteiger partial charge < -0.3 is 63.8 Å². The number of rotatable bonds is 2. The van der Waals surface area contributed by atoms with E-state index < -0.39 is 93.4 Å². The van der Waals surface area contributed by atoms with Gasteiger partial charge in [-0.3, -0.25) is 23.7 Å². The number of aromatic hydroxyl groups is 4. The average molecular weight is 1720 g/mol. The van der Waals surface area contributed by atoms with Crippen molar-refractivity contribution in [2.24, 2.45) is 0 Å². The van der Waals surface area contributed by atoms with Gasteiger partial charge in [0.1, 0.15) is 70.9 Å². The van der Waals surface area contributed by atoms with Gasteiger partial charge in [0.15, 0.2) is 17.3 Å². The second kappa shape index (κ2) is 45.6. The van der Waals surface area contributed by atoms with Crippen LogP contribution in [-0.2, 0) is 111 Å². The molecular formula is C78H94Cl4O24P2S3. The summed E-state index contributed by atoms with van der Waals surface area (Å²) in [5.41, 5.74) is 4.73. The fourth-order valence-electron chi connectivity index (χ4n) is 12.6. The molecular weight excluding hydrogens is 1620 g/mol. The van der Waals surface area contributed by atoms with Crippen LogP contribution >= 0.6 is 60.3 Å². The van der Waals surface area contributed by atoms with Crippen molar-refractivity contribution < 1.29 is 115 Å². The van der Waals surface area contributed by atoms with Crippen LogP contribution in [0, 0.1) is 27.7 Å². The summed E-state index contributed by atoms with van der Waals surface area (Å²) in [6.07, 6.45) is 17.2. The molecule has 4 aromatic rings. The summed E-state index contributed by atoms with van der Waals surface area (Å²) in [4.78, 5) is 99.7. The Morgan fingerprint density at radius 3 is 1.26 bits per heavy atom. The van der Waals surface area contributed by atoms with Gasteiger partial charge in [-0.25, -0.2) is 19.2 Å². The number of carbonyl (C=O) groups is 8. The van der Waals surface area contributed by atoms with E-state index >= 15 is 0 Å². The van der Waals surface area contributed by atoms with E-state index in [1.54, 1.807) is 32.3 Å². The van der Waals surface area contributed by atoms with Gasteiger partial charge in [0.25, 0.3) is 0 Å². The van der Waals surface area contributed by atoms with Gasteiger partial charge in [-0.15, -0.1) is 0 Å². The number of hydrogen-bond donors (Lipinski definition) is 7. The number of halogens is 4. The summed E-state index contributed by atoms with van der Waals surface area (Å²) in [5.74, 6) is -5.25. The summed E-state index contributed by atoms with van der Waals surface area (Å²) < 4.78 is 65.0. The molecule has 6 heterocycles. The summed E-state index contributed by atoms with van der Waals surface area (Å²) in [6.45, 7) is 15.9. The smallest absolute Gasteiger partial charge is 0.342 e. The number of phenols is 4. The normalized spacial score (nSPS) is 25.4. The van der Waals surface area contributed by atoms with Gasteiger partial charge in [0.2, 0.25) is 0 Å². The van der Waals surface area contributed by atoms with Crippen LogP contribution in [0.4, 0.5) is 0 Å². The lowest BCUT2D eigenvalue weighted by molar-refractivity contribution is -0.121. The number of benzene rings is 4. The quantitative estimate of drug-likeness (QED) is 0.0245. The topological polar surface area (TPSA) is 384 Å². The third-order valence-electron chi connectivity index (χ3n) is 18.1. The van der Waals surface area contributed by atoms with Crippen molar-refractivity contribution >= 4 is 141 Å². The zero-order valence-corrected chi connectivity index (χ0v) is 70.3. The van der Waals surface area contributed by atoms with E-state index in [4.69, 9.17) is 84.1 Å². The number of cyclic esters (lactones) is 4. The first-order valence-electron chi connectivity index (χ1n) is 35.6. The van der Waals surface area contributed by atoms with Crippen LogP contribution in [-0.4, -0.2) is 172 Å². The molecule has 2 saturated heterocycles. The molecule has 0 radical (unpaired) electrons. The lowest BCUT2D eigenvalue weighted by atomic mass is 9.94. The molecule has 6 aliphatic rings. The van der Waals surface area contributed by atoms with E-state index in [-0.39, 0.29) is 137 Å². The zero-order chi connectivity index (χ0) is 82.9. The number of allylic oxidation sites excluding steroid dienone is 7. The zero-order valence-electron chi connectivity index (χ0n) is 63.0. The fraction of sp³-hybridized carbons (Fsp3) is 0.487. The van der Waals surface area contributed by atoms with Gasteiger partial charge in [-0.2, -0.15) is 8.42 Å². The molecule has 10 rings (SSSR count). The summed E-state index contributed by atoms with van der Waals surface area (Å²) >= 11 is 33.3. The van der Waals surface area contributed by atoms with Crippen molar-refractivity contribution in [3.63, 3.8) is 0 Å². The molecule has 33 heteroatoms. The van der Waals surface area contributed by atoms with Crippen LogP contribution in [0.1, 0.15) is 197 Å². The largest absolute Gasteiger partial charge is 0.507 e. The van der Waals surface area contributed by atoms with Crippen LogP contribution in [0.15, 0.2) is 72.9 Å². The van der Waals surface area contributed by atoms with E-state index in [0.717, 1.165) is 73.8 Å². The number of epoxide rings is 2. The number of hydrogen-bond acceptors (Lipinski definition) is 25. The third-order valence-corrected chi connectivity index (χ3v) is 22.4. The minimum absolute atomic E-state index is 0.000390. The summed E-state index contributed by atoms with van der Waals surface area (Å²) in [7, 11) is -1.33. The second-order valence-electron chi connectivity index (χ2n) is 27.3. The maximum Gasteiger partial charge on any atom is 0.342 e. The number of aliphatic hydroxyl groups is 2. The molecule has 0 amide bonds. The first-order valence-corrected chi connectivity index (χ1v) is 43.4. The second-order valence-corrected chi connectivity index (χ2v) is 34.5. The highest BCUT2D eigenvalue weighted by molar-refractivity contribution is 8.50. The predicted molar refractivity (Wildman–Crippen MR) is 429 cm³/mol. The molecule has 0 spiro atoms. The number of aliphatic hydroxyl groups excluding tert-OH is 2. The molecule has 606 valence electrons. The van der Waals surface area contributed by atoms with E-state index in [1.807, 2.05) is 84.6 Å². The Kier molecular flexibility index (Phi) is 39.0. The summed E-state index contributed by atoms with van der Waals surface area (Å²) in [5, 5.41) is 60.4. The third kappa shape index (κ3) is 30.3. The van der Waals surface area contributed by atoms with Crippen LogP contribution in [0.5, 0.6) is 23.0 Å². The minimum Gasteiger partial charge on any atom is -0.507 e. The van der Waals surface area contributed by atoms with E-state index in [9.17, 15) is 77.4 Å². The van der Waals surface area contributed by atoms with E-state index in [2.05, 4.69) is 23.6 Å². The standard InChI is InChI=1S/C20H23ClO4.C20H23ClO3.C19H23ClO7.C18H21ClO7.CH3PS.HO3PS2/c1-11-8-12(2)19(21)15-10-14(22)6-4-5-7-16-17(25-16)9-13(3)24-20(23)18(11)15;1-13-11-14(2)19(21)17-12-16(22)10-8-6-4-5-7-9-15(3)24-20(23)18(13)17;1-9-5-16-15(27-16)4-3-11(25-2)6-10(21)7-12-17(19(24)26-9)13(22)8-14(23)18(12)20;1-9-6-13(22)12(21)5-3-2-4-10(20)7-11-16(18(25)26-9)14(23)8-15(24)17(11)19;1-2-3;1-6(2,3)4-5/h4,6,8,13,16-17H,5,7,9-10H2,1-3H3;5,7-8,10-11,15H,4,6,9,12H2,1-3H3;8-9,11,15-16,22-23H,3-7H2,1-2H3;2,4,8-9,12-13,21-24H,3,5-7H2,1H3;1H3;(H,1,2,3)/b6-4+;7-5+,10-8+;;4-2+;;/t13-,16?,17?;15-;9-,11?,15?,16?;9-,12?,13?;;/m1111../s1. The molecule has 111 heavy (non-hydrogen) atoms. The molecule has 2 fully saturated rings. The predicted octanol–water partition coefficient (Wildman–Crippen LogP) is 14.9. The molecule has 7 N–H and O–H groups in total. The molecule has 0 saturated carbocycles. The SMILES string of the molecule is COC1CCC2OC2C[C@@H](C)OC(=O)c2c(O)cc(O)c(Cl)c2CC(=O)C1.CP=S.C[C@@H]1CC(O)C(O)CC/C=C/C(=O)Cc2c(Cl)c(O)cc(O)c2C(=O)O1.Cc1cc(C)c2c(c1Cl)CC(=O)/C=C/CC/C=C/C[C@@H](C)OC2=O.Cc1cc(C)c2c(c1Cl)CC(=O)/C=C/CCC1OC1C[C@@H](C)OC2=O.O=S(=O)(O)P=S. The number of methoxy groups -OCH3 is 1. The molecule has 7 unspecified atom stereocenters. The van der Waals surface area contributed by atoms with Crippen LogP contribution < -0.4 is 0 Å². The molecule has 0 aliphatic carbocycles. The highest BCUT2D eigenvalue weighted by atomic mass is 35.5. The fourth-order valence-corrected chi connectivity index (χ4v) is 13.4. The van der Waals surface area contributed by atoms with Crippen LogP contribution in [0.3, 0.4) is 0 Å². The highest BCUT2D eigenvalue weighted by Gasteiger charge is 2.42. The molecule has 0 bridgehead atoms. The van der Waals surface area contributed by atoms with Crippen molar-refractivity contribution in [2.75, 3.05) is 13.8 Å². The van der Waals surface area contributed by atoms with Gasteiger partial charge in [0.05, 0.1) is 63.9 Å². The Morgan fingerprint density at radius 1 is 0.459 bits per heavy atom.